The molecule has 1 saturated heterocycles. The van der Waals surface area contributed by atoms with Gasteiger partial charge in [-0.05, 0) is 52.9 Å². The number of nitrogens with two attached hydrogens (primary N) is 1. The fourth-order valence-electron chi connectivity index (χ4n) is 4.27. The van der Waals surface area contributed by atoms with Crippen LogP contribution in [0.5, 0.6) is 0 Å². The topological polar surface area (TPSA) is 65.7 Å². The number of hydrogen-bond donors (Lipinski definition) is 2. The standard InChI is InChI=1S/C26H28N2O3/c1-15(2)24-29-25(26(3,4)31-30-24)28-22-11-7-10-19-18-13-12-16-8-5-6-9-17(16)20(18)14-21(27)23(19)22/h5-15,24-25,28H,27H2,1-4H3. The summed E-state index contributed by atoms with van der Waals surface area (Å²) in [4.78, 5) is 11.1. The molecule has 5 heteroatoms. The molecule has 0 spiro atoms. The monoisotopic (exact) mass is 416 g/mol. The van der Waals surface area contributed by atoms with Crippen LogP contribution in [-0.2, 0) is 14.5 Å². The molecule has 0 bridgehead atoms. The van der Waals surface area contributed by atoms with E-state index in [0.29, 0.717) is 0 Å². The fraction of sp³-hybridized carbons (Fsp3) is 0.308. The number of hydrogen-bond acceptors (Lipinski definition) is 5. The van der Waals surface area contributed by atoms with E-state index >= 15 is 0 Å². The number of rotatable bonds is 3. The Bertz CT molecular complexity index is 1280. The molecule has 3 N–H and O–H groups in total. The molecule has 0 saturated carbocycles. The Morgan fingerprint density at radius 2 is 1.68 bits per heavy atom. The number of nitrogen functional groups attached to an aromatic ring is 1. The first-order valence-electron chi connectivity index (χ1n) is 10.7. The highest BCUT2D eigenvalue weighted by atomic mass is 17.2. The Morgan fingerprint density at radius 1 is 0.903 bits per heavy atom. The van der Waals surface area contributed by atoms with Gasteiger partial charge in [-0.1, -0.05) is 62.4 Å². The Labute approximate surface area is 182 Å². The second-order valence-corrected chi connectivity index (χ2v) is 9.13. The van der Waals surface area contributed by atoms with Crippen molar-refractivity contribution in [2.24, 2.45) is 5.92 Å². The molecule has 1 aliphatic rings. The van der Waals surface area contributed by atoms with Gasteiger partial charge in [0.1, 0.15) is 5.60 Å². The van der Waals surface area contributed by atoms with Crippen LogP contribution >= 0.6 is 0 Å². The molecule has 0 aromatic heterocycles. The van der Waals surface area contributed by atoms with Gasteiger partial charge >= 0.3 is 0 Å². The molecule has 5 rings (SSSR count). The van der Waals surface area contributed by atoms with E-state index in [4.69, 9.17) is 20.2 Å². The normalized spacial score (nSPS) is 21.2. The highest BCUT2D eigenvalue weighted by Crippen LogP contribution is 2.39. The summed E-state index contributed by atoms with van der Waals surface area (Å²) in [5.41, 5.74) is 7.60. The number of anilines is 2. The number of benzene rings is 4. The summed E-state index contributed by atoms with van der Waals surface area (Å²) < 4.78 is 6.20. The van der Waals surface area contributed by atoms with Crippen molar-refractivity contribution in [1.82, 2.24) is 0 Å². The van der Waals surface area contributed by atoms with E-state index in [1.165, 1.54) is 16.2 Å². The maximum atomic E-state index is 6.63. The molecular formula is C26H28N2O3. The summed E-state index contributed by atoms with van der Waals surface area (Å²) >= 11 is 0. The Morgan fingerprint density at radius 3 is 2.48 bits per heavy atom. The first kappa shape index (κ1) is 20.1. The molecular weight excluding hydrogens is 388 g/mol. The lowest BCUT2D eigenvalue weighted by atomic mass is 9.95. The summed E-state index contributed by atoms with van der Waals surface area (Å²) in [5, 5.41) is 10.4. The zero-order valence-electron chi connectivity index (χ0n) is 18.3. The van der Waals surface area contributed by atoms with Crippen LogP contribution in [0.3, 0.4) is 0 Å². The van der Waals surface area contributed by atoms with Crippen LogP contribution in [0.25, 0.3) is 32.3 Å². The zero-order chi connectivity index (χ0) is 21.8. The van der Waals surface area contributed by atoms with Crippen LogP contribution < -0.4 is 11.1 Å². The summed E-state index contributed by atoms with van der Waals surface area (Å²) in [6, 6.07) is 21.0. The van der Waals surface area contributed by atoms with E-state index in [1.54, 1.807) is 0 Å². The van der Waals surface area contributed by atoms with E-state index in [1.807, 2.05) is 39.8 Å². The molecule has 4 aromatic carbocycles. The number of ether oxygens (including phenoxy) is 1. The lowest BCUT2D eigenvalue weighted by molar-refractivity contribution is -0.485. The lowest BCUT2D eigenvalue weighted by Gasteiger charge is -2.42. The largest absolute Gasteiger partial charge is 0.398 e. The molecule has 2 unspecified atom stereocenters. The maximum Gasteiger partial charge on any atom is 0.196 e. The molecule has 160 valence electrons. The molecule has 1 heterocycles. The van der Waals surface area contributed by atoms with E-state index in [0.717, 1.165) is 27.5 Å². The van der Waals surface area contributed by atoms with Gasteiger partial charge in [0.05, 0.1) is 0 Å². The third-order valence-corrected chi connectivity index (χ3v) is 6.00. The first-order valence-corrected chi connectivity index (χ1v) is 10.7. The van der Waals surface area contributed by atoms with Gasteiger partial charge in [-0.15, -0.1) is 0 Å². The van der Waals surface area contributed by atoms with Crippen molar-refractivity contribution >= 4 is 43.7 Å². The molecule has 5 nitrogen and oxygen atoms in total. The minimum Gasteiger partial charge on any atom is -0.398 e. The first-order chi connectivity index (χ1) is 14.8. The minimum absolute atomic E-state index is 0.162. The van der Waals surface area contributed by atoms with Gasteiger partial charge in [-0.2, -0.15) is 0 Å². The molecule has 0 radical (unpaired) electrons. The van der Waals surface area contributed by atoms with Crippen molar-refractivity contribution in [3.8, 4) is 0 Å². The summed E-state index contributed by atoms with van der Waals surface area (Å²) in [6.45, 7) is 7.96. The van der Waals surface area contributed by atoms with Crippen molar-refractivity contribution in [2.45, 2.75) is 45.8 Å². The third-order valence-electron chi connectivity index (χ3n) is 6.00. The predicted molar refractivity (Wildman–Crippen MR) is 127 cm³/mol. The predicted octanol–water partition coefficient (Wildman–Crippen LogP) is 6.21. The highest BCUT2D eigenvalue weighted by Gasteiger charge is 2.41. The van der Waals surface area contributed by atoms with E-state index in [9.17, 15) is 0 Å². The summed E-state index contributed by atoms with van der Waals surface area (Å²) in [7, 11) is 0. The average Bonchev–Trinajstić information content (AvgIpc) is 2.75. The molecule has 31 heavy (non-hydrogen) atoms. The van der Waals surface area contributed by atoms with Gasteiger partial charge in [-0.25, -0.2) is 9.78 Å². The maximum absolute atomic E-state index is 6.63. The SMILES string of the molecule is CC(C)C1OOC(C)(C)C(Nc2cccc3c2c(N)cc2c4ccccc4ccc32)O1. The summed E-state index contributed by atoms with van der Waals surface area (Å²) in [5.74, 6) is 0.162. The van der Waals surface area contributed by atoms with Crippen molar-refractivity contribution in [1.29, 1.82) is 0 Å². The lowest BCUT2D eigenvalue weighted by Crippen LogP contribution is -2.54. The van der Waals surface area contributed by atoms with Gasteiger partial charge in [0, 0.05) is 22.7 Å². The Kier molecular flexibility index (Phi) is 4.77. The number of nitrogens with one attached hydrogen (secondary N) is 1. The summed E-state index contributed by atoms with van der Waals surface area (Å²) in [6.07, 6.45) is -0.837. The Hall–Kier alpha value is -2.86. The molecule has 2 atom stereocenters. The van der Waals surface area contributed by atoms with Gasteiger partial charge in [-0.3, -0.25) is 0 Å². The van der Waals surface area contributed by atoms with Crippen molar-refractivity contribution in [3.63, 3.8) is 0 Å². The molecule has 1 fully saturated rings. The van der Waals surface area contributed by atoms with Gasteiger partial charge < -0.3 is 15.8 Å². The van der Waals surface area contributed by atoms with Crippen LogP contribution in [0.4, 0.5) is 11.4 Å². The van der Waals surface area contributed by atoms with Gasteiger partial charge in [0.25, 0.3) is 0 Å². The molecule has 0 amide bonds. The van der Waals surface area contributed by atoms with E-state index in [2.05, 4.69) is 53.8 Å². The van der Waals surface area contributed by atoms with Crippen LogP contribution in [0.2, 0.25) is 0 Å². The third kappa shape index (κ3) is 3.39. The Balaban J connectivity index is 1.65. The van der Waals surface area contributed by atoms with Crippen LogP contribution in [0, 0.1) is 5.92 Å². The van der Waals surface area contributed by atoms with E-state index < -0.39 is 18.1 Å². The molecule has 0 aliphatic carbocycles. The van der Waals surface area contributed by atoms with Crippen LogP contribution in [0.1, 0.15) is 27.7 Å². The van der Waals surface area contributed by atoms with Crippen molar-refractivity contribution < 1.29 is 14.5 Å². The van der Waals surface area contributed by atoms with Crippen LogP contribution in [0.15, 0.2) is 60.7 Å². The van der Waals surface area contributed by atoms with Gasteiger partial charge in [0.2, 0.25) is 0 Å². The highest BCUT2D eigenvalue weighted by molar-refractivity contribution is 6.22. The van der Waals surface area contributed by atoms with E-state index in [-0.39, 0.29) is 5.92 Å². The average molecular weight is 417 g/mol. The quantitative estimate of drug-likeness (QED) is 0.236. The van der Waals surface area contributed by atoms with Crippen molar-refractivity contribution in [2.75, 3.05) is 11.1 Å². The van der Waals surface area contributed by atoms with Crippen molar-refractivity contribution in [3.05, 3.63) is 60.7 Å². The number of fused-ring (bicyclic) bond motifs is 5. The second-order valence-electron chi connectivity index (χ2n) is 9.13. The molecule has 4 aromatic rings. The zero-order valence-corrected chi connectivity index (χ0v) is 18.3. The van der Waals surface area contributed by atoms with Crippen LogP contribution in [-0.4, -0.2) is 18.1 Å². The smallest absolute Gasteiger partial charge is 0.196 e. The second kappa shape index (κ2) is 7.38. The fourth-order valence-corrected chi connectivity index (χ4v) is 4.27. The minimum atomic E-state index is -0.671. The molecule has 1 aliphatic heterocycles. The van der Waals surface area contributed by atoms with Gasteiger partial charge in [0.15, 0.2) is 12.5 Å².